The molecule has 0 saturated heterocycles. The third kappa shape index (κ3) is 4.16. The first-order chi connectivity index (χ1) is 16.2. The second kappa shape index (κ2) is 8.28. The van der Waals surface area contributed by atoms with Crippen LogP contribution in [0.3, 0.4) is 0 Å². The SMILES string of the molecule is Cn1cc(C2CN(C(=O)c3cn(-c4cc(Cl)cc(C(F)(F)F)c4)nn3)Cc3ccccc32)cn1. The van der Waals surface area contributed by atoms with Crippen LogP contribution in [-0.4, -0.2) is 42.1 Å². The Bertz CT molecular complexity index is 1380. The van der Waals surface area contributed by atoms with Crippen LogP contribution in [0.1, 0.15) is 38.7 Å². The van der Waals surface area contributed by atoms with Crippen molar-refractivity contribution in [1.82, 2.24) is 29.7 Å². The lowest BCUT2D eigenvalue weighted by Gasteiger charge is -2.34. The van der Waals surface area contributed by atoms with E-state index in [0.29, 0.717) is 13.1 Å². The summed E-state index contributed by atoms with van der Waals surface area (Å²) in [6.45, 7) is 0.789. The molecular weight excluding hydrogens is 469 g/mol. The summed E-state index contributed by atoms with van der Waals surface area (Å²) in [4.78, 5) is 15.0. The molecule has 2 aromatic heterocycles. The largest absolute Gasteiger partial charge is 0.416 e. The fraction of sp³-hybridized carbons (Fsp3) is 0.217. The zero-order chi connectivity index (χ0) is 24.0. The fourth-order valence-electron chi connectivity index (χ4n) is 4.19. The van der Waals surface area contributed by atoms with Gasteiger partial charge in [0.15, 0.2) is 5.69 Å². The van der Waals surface area contributed by atoms with Crippen molar-refractivity contribution >= 4 is 17.5 Å². The molecule has 1 atom stereocenters. The summed E-state index contributed by atoms with van der Waals surface area (Å²) in [6, 6.07) is 11.0. The van der Waals surface area contributed by atoms with Crippen molar-refractivity contribution in [2.45, 2.75) is 18.6 Å². The van der Waals surface area contributed by atoms with Gasteiger partial charge in [0, 0.05) is 37.3 Å². The van der Waals surface area contributed by atoms with Gasteiger partial charge in [-0.1, -0.05) is 41.1 Å². The van der Waals surface area contributed by atoms with E-state index in [1.807, 2.05) is 37.5 Å². The molecule has 3 heterocycles. The van der Waals surface area contributed by atoms with Crippen molar-refractivity contribution in [3.63, 3.8) is 0 Å². The number of amides is 1. The molecule has 7 nitrogen and oxygen atoms in total. The van der Waals surface area contributed by atoms with Gasteiger partial charge in [0.25, 0.3) is 5.91 Å². The van der Waals surface area contributed by atoms with Gasteiger partial charge in [-0.2, -0.15) is 18.3 Å². The summed E-state index contributed by atoms with van der Waals surface area (Å²) >= 11 is 5.88. The first-order valence-electron chi connectivity index (χ1n) is 10.3. The van der Waals surface area contributed by atoms with E-state index in [2.05, 4.69) is 15.4 Å². The van der Waals surface area contributed by atoms with Crippen LogP contribution >= 0.6 is 11.6 Å². The maximum absolute atomic E-state index is 13.3. The van der Waals surface area contributed by atoms with Crippen LogP contribution < -0.4 is 0 Å². The number of benzene rings is 2. The third-order valence-corrected chi connectivity index (χ3v) is 6.01. The second-order valence-corrected chi connectivity index (χ2v) is 8.57. The molecule has 174 valence electrons. The normalized spacial score (nSPS) is 15.9. The molecule has 0 bridgehead atoms. The predicted molar refractivity (Wildman–Crippen MR) is 118 cm³/mol. The van der Waals surface area contributed by atoms with Crippen molar-refractivity contribution < 1.29 is 18.0 Å². The number of rotatable bonds is 3. The van der Waals surface area contributed by atoms with Crippen molar-refractivity contribution in [2.75, 3.05) is 6.54 Å². The second-order valence-electron chi connectivity index (χ2n) is 8.13. The summed E-state index contributed by atoms with van der Waals surface area (Å²) in [5.74, 6) is -0.437. The van der Waals surface area contributed by atoms with Gasteiger partial charge in [-0.15, -0.1) is 5.10 Å². The molecule has 0 aliphatic carbocycles. The van der Waals surface area contributed by atoms with Crippen LogP contribution in [0.2, 0.25) is 5.02 Å². The predicted octanol–water partition coefficient (Wildman–Crippen LogP) is 4.46. The maximum Gasteiger partial charge on any atom is 0.416 e. The molecule has 5 rings (SSSR count). The van der Waals surface area contributed by atoms with Gasteiger partial charge in [-0.25, -0.2) is 4.68 Å². The number of hydrogen-bond acceptors (Lipinski definition) is 4. The van der Waals surface area contributed by atoms with Crippen molar-refractivity contribution in [2.24, 2.45) is 7.05 Å². The number of halogens is 4. The van der Waals surface area contributed by atoms with Crippen molar-refractivity contribution in [3.05, 3.63) is 94.0 Å². The highest BCUT2D eigenvalue weighted by Gasteiger charge is 2.33. The number of fused-ring (bicyclic) bond motifs is 1. The molecule has 1 unspecified atom stereocenters. The number of nitrogens with zero attached hydrogens (tertiary/aromatic N) is 6. The Morgan fingerprint density at radius 1 is 1.15 bits per heavy atom. The first-order valence-corrected chi connectivity index (χ1v) is 10.7. The molecule has 34 heavy (non-hydrogen) atoms. The highest BCUT2D eigenvalue weighted by Crippen LogP contribution is 2.34. The van der Waals surface area contributed by atoms with E-state index in [4.69, 9.17) is 11.6 Å². The Morgan fingerprint density at radius 2 is 1.94 bits per heavy atom. The Balaban J connectivity index is 1.45. The average Bonchev–Trinajstić information content (AvgIpc) is 3.46. The number of alkyl halides is 3. The molecule has 0 fully saturated rings. The zero-order valence-corrected chi connectivity index (χ0v) is 18.6. The number of carbonyl (C=O) groups is 1. The van der Waals surface area contributed by atoms with Gasteiger partial charge >= 0.3 is 6.18 Å². The molecule has 0 radical (unpaired) electrons. The van der Waals surface area contributed by atoms with E-state index in [-0.39, 0.29) is 28.2 Å². The Labute approximate surface area is 197 Å². The Hall–Kier alpha value is -3.66. The minimum Gasteiger partial charge on any atom is -0.332 e. The van der Waals surface area contributed by atoms with Crippen LogP contribution in [0.15, 0.2) is 61.1 Å². The minimum absolute atomic E-state index is 0.0258. The number of carbonyl (C=O) groups excluding carboxylic acids is 1. The van der Waals surface area contributed by atoms with Crippen LogP contribution in [0, 0.1) is 0 Å². The molecule has 0 N–H and O–H groups in total. The van der Waals surface area contributed by atoms with Crippen LogP contribution in [0.4, 0.5) is 13.2 Å². The summed E-state index contributed by atoms with van der Waals surface area (Å²) in [5, 5.41) is 12.0. The average molecular weight is 487 g/mol. The van der Waals surface area contributed by atoms with E-state index in [1.54, 1.807) is 15.8 Å². The van der Waals surface area contributed by atoms with Gasteiger partial charge in [-0.3, -0.25) is 9.48 Å². The lowest BCUT2D eigenvalue weighted by molar-refractivity contribution is -0.137. The molecule has 0 saturated carbocycles. The van der Waals surface area contributed by atoms with Crippen LogP contribution in [0.25, 0.3) is 5.69 Å². The van der Waals surface area contributed by atoms with Gasteiger partial charge < -0.3 is 4.90 Å². The summed E-state index contributed by atoms with van der Waals surface area (Å²) < 4.78 is 42.3. The van der Waals surface area contributed by atoms with E-state index >= 15 is 0 Å². The lowest BCUT2D eigenvalue weighted by atomic mass is 9.86. The van der Waals surface area contributed by atoms with E-state index in [9.17, 15) is 18.0 Å². The molecule has 0 spiro atoms. The highest BCUT2D eigenvalue weighted by molar-refractivity contribution is 6.30. The van der Waals surface area contributed by atoms with E-state index in [1.165, 1.54) is 12.3 Å². The smallest absolute Gasteiger partial charge is 0.332 e. The maximum atomic E-state index is 13.3. The summed E-state index contributed by atoms with van der Waals surface area (Å²) in [6.07, 6.45) is 0.446. The fourth-order valence-corrected chi connectivity index (χ4v) is 4.42. The monoisotopic (exact) mass is 486 g/mol. The third-order valence-electron chi connectivity index (χ3n) is 5.80. The summed E-state index contributed by atoms with van der Waals surface area (Å²) in [7, 11) is 1.83. The van der Waals surface area contributed by atoms with Crippen LogP contribution in [0.5, 0.6) is 0 Å². The van der Waals surface area contributed by atoms with Crippen LogP contribution in [-0.2, 0) is 19.8 Å². The zero-order valence-electron chi connectivity index (χ0n) is 17.9. The molecular formula is C23H18ClF3N6O. The molecule has 1 amide bonds. The quantitative estimate of drug-likeness (QED) is 0.429. The molecule has 11 heteroatoms. The highest BCUT2D eigenvalue weighted by atomic mass is 35.5. The topological polar surface area (TPSA) is 68.8 Å². The molecule has 4 aromatic rings. The van der Waals surface area contributed by atoms with Gasteiger partial charge in [0.05, 0.1) is 23.6 Å². The van der Waals surface area contributed by atoms with E-state index < -0.39 is 11.7 Å². The Kier molecular flexibility index (Phi) is 5.40. The van der Waals surface area contributed by atoms with E-state index in [0.717, 1.165) is 33.5 Å². The van der Waals surface area contributed by atoms with Gasteiger partial charge in [0.2, 0.25) is 0 Å². The van der Waals surface area contributed by atoms with Gasteiger partial charge in [-0.05, 0) is 34.9 Å². The lowest BCUT2D eigenvalue weighted by Crippen LogP contribution is -2.38. The first kappa shape index (κ1) is 22.1. The standard InChI is InChI=1S/C23H18ClF3N6O/c1-31-10-15(9-28-31)20-12-32(11-14-4-2-3-5-19(14)20)22(34)21-13-33(30-29-21)18-7-16(23(25,26)27)6-17(24)8-18/h2-10,13,20H,11-12H2,1H3. The van der Waals surface area contributed by atoms with Crippen molar-refractivity contribution in [3.8, 4) is 5.69 Å². The summed E-state index contributed by atoms with van der Waals surface area (Å²) in [5.41, 5.74) is 2.29. The number of hydrogen-bond donors (Lipinski definition) is 0. The van der Waals surface area contributed by atoms with Gasteiger partial charge in [0.1, 0.15) is 0 Å². The Morgan fingerprint density at radius 3 is 2.68 bits per heavy atom. The molecule has 2 aromatic carbocycles. The number of aryl methyl sites for hydroxylation is 1. The minimum atomic E-state index is -4.57. The molecule has 1 aliphatic heterocycles. The van der Waals surface area contributed by atoms with Crippen molar-refractivity contribution in [1.29, 1.82) is 0 Å². The number of aromatic nitrogens is 5. The molecule has 1 aliphatic rings.